The molecular weight excluding hydrogens is 377 g/mol. The van der Waals surface area contributed by atoms with Crippen LogP contribution >= 0.6 is 34.2 Å². The first-order valence-electron chi connectivity index (χ1n) is 5.58. The van der Waals surface area contributed by atoms with Crippen molar-refractivity contribution in [2.24, 2.45) is 0 Å². The van der Waals surface area contributed by atoms with Crippen molar-refractivity contribution in [2.75, 3.05) is 11.9 Å². The molecule has 0 radical (unpaired) electrons. The van der Waals surface area contributed by atoms with E-state index in [0.29, 0.717) is 10.8 Å². The van der Waals surface area contributed by atoms with Crippen LogP contribution in [-0.4, -0.2) is 12.5 Å². The molecule has 3 nitrogen and oxygen atoms in total. The number of ether oxygens (including phenoxy) is 1. The van der Waals surface area contributed by atoms with E-state index in [-0.39, 0.29) is 12.5 Å². The van der Waals surface area contributed by atoms with Crippen molar-refractivity contribution in [1.29, 1.82) is 0 Å². The molecule has 0 aliphatic heterocycles. The maximum absolute atomic E-state index is 11.7. The van der Waals surface area contributed by atoms with Gasteiger partial charge in [-0.1, -0.05) is 29.8 Å². The number of amides is 1. The van der Waals surface area contributed by atoms with Crippen molar-refractivity contribution in [1.82, 2.24) is 0 Å². The minimum Gasteiger partial charge on any atom is -0.482 e. The quantitative estimate of drug-likeness (QED) is 0.807. The number of halogens is 2. The van der Waals surface area contributed by atoms with Gasteiger partial charge in [0.05, 0.1) is 5.02 Å². The van der Waals surface area contributed by atoms with Crippen molar-refractivity contribution in [3.8, 4) is 5.75 Å². The van der Waals surface area contributed by atoms with Crippen LogP contribution in [0.5, 0.6) is 5.75 Å². The third kappa shape index (κ3) is 4.40. The summed E-state index contributed by atoms with van der Waals surface area (Å²) in [6.07, 6.45) is 0. The van der Waals surface area contributed by atoms with E-state index in [4.69, 9.17) is 16.3 Å². The van der Waals surface area contributed by atoms with E-state index in [0.717, 1.165) is 9.26 Å². The molecule has 0 aliphatic carbocycles. The van der Waals surface area contributed by atoms with E-state index >= 15 is 0 Å². The molecule has 0 spiro atoms. The van der Waals surface area contributed by atoms with Gasteiger partial charge in [0.15, 0.2) is 6.61 Å². The first kappa shape index (κ1) is 14.1. The van der Waals surface area contributed by atoms with Gasteiger partial charge in [-0.2, -0.15) is 0 Å². The first-order chi connectivity index (χ1) is 9.15. The predicted molar refractivity (Wildman–Crippen MR) is 84.7 cm³/mol. The Labute approximate surface area is 130 Å². The molecule has 0 saturated carbocycles. The van der Waals surface area contributed by atoms with Crippen LogP contribution in [0.25, 0.3) is 0 Å². The van der Waals surface area contributed by atoms with Crippen molar-refractivity contribution >= 4 is 45.8 Å². The van der Waals surface area contributed by atoms with Gasteiger partial charge in [-0.05, 0) is 52.9 Å². The van der Waals surface area contributed by atoms with Gasteiger partial charge >= 0.3 is 0 Å². The van der Waals surface area contributed by atoms with Gasteiger partial charge in [0.25, 0.3) is 5.91 Å². The SMILES string of the molecule is O=C(COc1ccccc1Cl)Nc1cccc(I)c1. The lowest BCUT2D eigenvalue weighted by atomic mass is 10.3. The van der Waals surface area contributed by atoms with E-state index < -0.39 is 0 Å². The van der Waals surface area contributed by atoms with E-state index in [2.05, 4.69) is 27.9 Å². The van der Waals surface area contributed by atoms with Crippen LogP contribution in [0.15, 0.2) is 48.5 Å². The zero-order valence-corrected chi connectivity index (χ0v) is 12.8. The zero-order chi connectivity index (χ0) is 13.7. The minimum atomic E-state index is -0.220. The van der Waals surface area contributed by atoms with Crippen LogP contribution in [0.2, 0.25) is 5.02 Å². The van der Waals surface area contributed by atoms with Gasteiger partial charge in [0.2, 0.25) is 0 Å². The van der Waals surface area contributed by atoms with Crippen LogP contribution in [-0.2, 0) is 4.79 Å². The van der Waals surface area contributed by atoms with Crippen LogP contribution in [0.1, 0.15) is 0 Å². The highest BCUT2D eigenvalue weighted by molar-refractivity contribution is 14.1. The molecule has 2 aromatic rings. The Balaban J connectivity index is 1.90. The Morgan fingerprint density at radius 3 is 2.74 bits per heavy atom. The molecule has 0 fully saturated rings. The standard InChI is InChI=1S/C14H11ClINO2/c15-12-6-1-2-7-13(12)19-9-14(18)17-11-5-3-4-10(16)8-11/h1-8H,9H2,(H,17,18). The molecule has 0 unspecified atom stereocenters. The number of carbonyl (C=O) groups excluding carboxylic acids is 1. The van der Waals surface area contributed by atoms with Crippen LogP contribution in [0.4, 0.5) is 5.69 Å². The summed E-state index contributed by atoms with van der Waals surface area (Å²) < 4.78 is 6.41. The largest absolute Gasteiger partial charge is 0.482 e. The number of anilines is 1. The number of hydrogen-bond donors (Lipinski definition) is 1. The maximum Gasteiger partial charge on any atom is 0.262 e. The monoisotopic (exact) mass is 387 g/mol. The summed E-state index contributed by atoms with van der Waals surface area (Å²) >= 11 is 8.12. The average molecular weight is 388 g/mol. The van der Waals surface area contributed by atoms with Gasteiger partial charge in [-0.25, -0.2) is 0 Å². The maximum atomic E-state index is 11.7. The second-order valence-corrected chi connectivity index (χ2v) is 5.43. The van der Waals surface area contributed by atoms with Gasteiger partial charge in [-0.3, -0.25) is 4.79 Å². The van der Waals surface area contributed by atoms with Crippen molar-refractivity contribution in [2.45, 2.75) is 0 Å². The Morgan fingerprint density at radius 2 is 2.00 bits per heavy atom. The first-order valence-corrected chi connectivity index (χ1v) is 7.03. The molecule has 0 saturated heterocycles. The molecule has 1 N–H and O–H groups in total. The lowest BCUT2D eigenvalue weighted by Gasteiger charge is -2.08. The number of nitrogens with one attached hydrogen (secondary N) is 1. The second-order valence-electron chi connectivity index (χ2n) is 3.78. The molecule has 98 valence electrons. The molecule has 19 heavy (non-hydrogen) atoms. The fourth-order valence-corrected chi connectivity index (χ4v) is 2.20. The summed E-state index contributed by atoms with van der Waals surface area (Å²) in [6, 6.07) is 14.6. The van der Waals surface area contributed by atoms with E-state index in [1.54, 1.807) is 24.3 Å². The van der Waals surface area contributed by atoms with Crippen LogP contribution in [0.3, 0.4) is 0 Å². The van der Waals surface area contributed by atoms with Crippen LogP contribution in [0, 0.1) is 3.57 Å². The minimum absolute atomic E-state index is 0.0742. The van der Waals surface area contributed by atoms with Gasteiger partial charge in [0.1, 0.15) is 5.75 Å². The van der Waals surface area contributed by atoms with Crippen molar-refractivity contribution < 1.29 is 9.53 Å². The highest BCUT2D eigenvalue weighted by atomic mass is 127. The lowest BCUT2D eigenvalue weighted by molar-refractivity contribution is -0.118. The van der Waals surface area contributed by atoms with Crippen molar-refractivity contribution in [3.05, 3.63) is 57.1 Å². The van der Waals surface area contributed by atoms with Gasteiger partial charge in [-0.15, -0.1) is 0 Å². The summed E-state index contributed by atoms with van der Waals surface area (Å²) in [5.74, 6) is 0.281. The number of benzene rings is 2. The summed E-state index contributed by atoms with van der Waals surface area (Å²) in [4.78, 5) is 11.7. The van der Waals surface area contributed by atoms with E-state index in [1.807, 2.05) is 24.3 Å². The number of para-hydroxylation sites is 1. The molecule has 0 aromatic heterocycles. The van der Waals surface area contributed by atoms with Crippen LogP contribution < -0.4 is 10.1 Å². The van der Waals surface area contributed by atoms with Gasteiger partial charge < -0.3 is 10.1 Å². The summed E-state index contributed by atoms with van der Waals surface area (Å²) in [7, 11) is 0. The molecule has 2 rings (SSSR count). The number of rotatable bonds is 4. The molecule has 0 aliphatic rings. The topological polar surface area (TPSA) is 38.3 Å². The van der Waals surface area contributed by atoms with E-state index in [1.165, 1.54) is 0 Å². The third-order valence-electron chi connectivity index (χ3n) is 2.30. The number of hydrogen-bond acceptors (Lipinski definition) is 2. The second kappa shape index (κ2) is 6.77. The highest BCUT2D eigenvalue weighted by Gasteiger charge is 2.05. The lowest BCUT2D eigenvalue weighted by Crippen LogP contribution is -2.20. The Morgan fingerprint density at radius 1 is 1.21 bits per heavy atom. The third-order valence-corrected chi connectivity index (χ3v) is 3.29. The molecule has 0 bridgehead atoms. The smallest absolute Gasteiger partial charge is 0.262 e. The normalized spacial score (nSPS) is 10.0. The highest BCUT2D eigenvalue weighted by Crippen LogP contribution is 2.23. The summed E-state index contributed by atoms with van der Waals surface area (Å²) in [5.41, 5.74) is 0.750. The average Bonchev–Trinajstić information content (AvgIpc) is 2.38. The predicted octanol–water partition coefficient (Wildman–Crippen LogP) is 3.96. The fraction of sp³-hybridized carbons (Fsp3) is 0.0714. The molecule has 1 amide bonds. The van der Waals surface area contributed by atoms with Gasteiger partial charge in [0, 0.05) is 9.26 Å². The fourth-order valence-electron chi connectivity index (χ4n) is 1.47. The molecule has 2 aromatic carbocycles. The summed E-state index contributed by atoms with van der Waals surface area (Å²) in [5, 5.41) is 3.25. The number of carbonyl (C=O) groups is 1. The molecule has 0 heterocycles. The molecule has 5 heteroatoms. The van der Waals surface area contributed by atoms with Crippen molar-refractivity contribution in [3.63, 3.8) is 0 Å². The Hall–Kier alpha value is -1.27. The van der Waals surface area contributed by atoms with E-state index in [9.17, 15) is 4.79 Å². The Bertz CT molecular complexity index is 589. The zero-order valence-electron chi connectivity index (χ0n) is 9.90. The Kier molecular flexibility index (Phi) is 5.04. The molecule has 0 atom stereocenters. The molecular formula is C14H11ClINO2. The summed E-state index contributed by atoms with van der Waals surface area (Å²) in [6.45, 7) is -0.0742.